The van der Waals surface area contributed by atoms with E-state index in [1.165, 1.54) is 11.3 Å². The SMILES string of the molecule is CCOC(=O)c1csc2nc(N)nc(N3CCNCC3)c12. The Morgan fingerprint density at radius 2 is 2.24 bits per heavy atom. The molecule has 2 aromatic heterocycles. The van der Waals surface area contributed by atoms with Crippen LogP contribution in [0.4, 0.5) is 11.8 Å². The highest BCUT2D eigenvalue weighted by atomic mass is 32.1. The first-order valence-corrected chi connectivity index (χ1v) is 7.76. The maximum atomic E-state index is 12.1. The van der Waals surface area contributed by atoms with E-state index in [9.17, 15) is 4.79 Å². The van der Waals surface area contributed by atoms with Gasteiger partial charge in [-0.25, -0.2) is 9.78 Å². The maximum Gasteiger partial charge on any atom is 0.339 e. The van der Waals surface area contributed by atoms with Gasteiger partial charge in [-0.3, -0.25) is 0 Å². The summed E-state index contributed by atoms with van der Waals surface area (Å²) in [6.07, 6.45) is 0. The van der Waals surface area contributed by atoms with Gasteiger partial charge in [0.1, 0.15) is 10.6 Å². The summed E-state index contributed by atoms with van der Waals surface area (Å²) in [7, 11) is 0. The first-order chi connectivity index (χ1) is 10.2. The van der Waals surface area contributed by atoms with E-state index in [0.717, 1.165) is 42.2 Å². The summed E-state index contributed by atoms with van der Waals surface area (Å²) in [4.78, 5) is 23.6. The average Bonchev–Trinajstić information content (AvgIpc) is 2.91. The van der Waals surface area contributed by atoms with Crippen LogP contribution in [-0.2, 0) is 4.74 Å². The number of piperazine rings is 1. The Morgan fingerprint density at radius 3 is 2.95 bits per heavy atom. The number of esters is 1. The number of thiophene rings is 1. The minimum atomic E-state index is -0.339. The highest BCUT2D eigenvalue weighted by Gasteiger charge is 2.23. The molecule has 0 aromatic carbocycles. The predicted molar refractivity (Wildman–Crippen MR) is 82.9 cm³/mol. The van der Waals surface area contributed by atoms with E-state index in [-0.39, 0.29) is 11.9 Å². The molecule has 1 saturated heterocycles. The smallest absolute Gasteiger partial charge is 0.339 e. The molecule has 0 spiro atoms. The second kappa shape index (κ2) is 5.82. The second-order valence-corrected chi connectivity index (χ2v) is 5.55. The van der Waals surface area contributed by atoms with Crippen LogP contribution in [0.5, 0.6) is 0 Å². The van der Waals surface area contributed by atoms with Gasteiger partial charge in [-0.1, -0.05) is 0 Å². The summed E-state index contributed by atoms with van der Waals surface area (Å²) in [5.41, 5.74) is 6.32. The van der Waals surface area contributed by atoms with E-state index >= 15 is 0 Å². The molecular weight excluding hydrogens is 290 g/mol. The van der Waals surface area contributed by atoms with Gasteiger partial charge in [0.25, 0.3) is 0 Å². The minimum absolute atomic E-state index is 0.230. The molecule has 0 amide bonds. The third-order valence-corrected chi connectivity index (χ3v) is 4.22. The van der Waals surface area contributed by atoms with Crippen LogP contribution in [-0.4, -0.2) is 48.7 Å². The van der Waals surface area contributed by atoms with Gasteiger partial charge in [-0.2, -0.15) is 4.98 Å². The first kappa shape index (κ1) is 14.0. The molecule has 0 bridgehead atoms. The van der Waals surface area contributed by atoms with Crippen molar-refractivity contribution in [2.24, 2.45) is 0 Å². The summed E-state index contributed by atoms with van der Waals surface area (Å²) < 4.78 is 5.12. The Hall–Kier alpha value is -1.93. The molecule has 2 aromatic rings. The molecule has 3 heterocycles. The molecule has 3 rings (SSSR count). The van der Waals surface area contributed by atoms with Crippen molar-refractivity contribution in [1.82, 2.24) is 15.3 Å². The second-order valence-electron chi connectivity index (χ2n) is 4.69. The number of carbonyl (C=O) groups excluding carboxylic acids is 1. The number of hydrogen-bond donors (Lipinski definition) is 2. The van der Waals surface area contributed by atoms with Crippen molar-refractivity contribution in [2.75, 3.05) is 43.4 Å². The number of fused-ring (bicyclic) bond motifs is 1. The van der Waals surface area contributed by atoms with E-state index in [4.69, 9.17) is 10.5 Å². The number of nitrogens with two attached hydrogens (primary N) is 1. The third kappa shape index (κ3) is 2.64. The molecule has 8 heteroatoms. The average molecular weight is 307 g/mol. The lowest BCUT2D eigenvalue weighted by Gasteiger charge is -2.29. The molecule has 0 atom stereocenters. The molecule has 0 unspecified atom stereocenters. The normalized spacial score (nSPS) is 15.4. The minimum Gasteiger partial charge on any atom is -0.462 e. The molecule has 112 valence electrons. The van der Waals surface area contributed by atoms with Crippen molar-refractivity contribution in [1.29, 1.82) is 0 Å². The molecular formula is C13H17N5O2S. The molecule has 1 aliphatic rings. The van der Waals surface area contributed by atoms with E-state index in [0.29, 0.717) is 12.2 Å². The van der Waals surface area contributed by atoms with Crippen molar-refractivity contribution >= 4 is 39.3 Å². The Bertz CT molecular complexity index is 666. The fraction of sp³-hybridized carbons (Fsp3) is 0.462. The van der Waals surface area contributed by atoms with E-state index in [1.807, 2.05) is 0 Å². The lowest BCUT2D eigenvalue weighted by molar-refractivity contribution is 0.0529. The molecule has 0 aliphatic carbocycles. The third-order valence-electron chi connectivity index (χ3n) is 3.34. The zero-order valence-electron chi connectivity index (χ0n) is 11.8. The van der Waals surface area contributed by atoms with Crippen LogP contribution in [0.25, 0.3) is 10.2 Å². The monoisotopic (exact) mass is 307 g/mol. The fourth-order valence-corrected chi connectivity index (χ4v) is 3.31. The molecule has 1 fully saturated rings. The zero-order chi connectivity index (χ0) is 14.8. The first-order valence-electron chi connectivity index (χ1n) is 6.88. The van der Waals surface area contributed by atoms with Gasteiger partial charge in [-0.05, 0) is 6.92 Å². The number of nitrogen functional groups attached to an aromatic ring is 1. The van der Waals surface area contributed by atoms with E-state index in [2.05, 4.69) is 20.2 Å². The Balaban J connectivity index is 2.12. The number of ether oxygens (including phenoxy) is 1. The highest BCUT2D eigenvalue weighted by molar-refractivity contribution is 7.17. The number of aromatic nitrogens is 2. The number of carbonyl (C=O) groups is 1. The summed E-state index contributed by atoms with van der Waals surface area (Å²) in [5, 5.41) is 5.80. The van der Waals surface area contributed by atoms with Gasteiger partial charge in [0.15, 0.2) is 0 Å². The van der Waals surface area contributed by atoms with E-state index < -0.39 is 0 Å². The van der Waals surface area contributed by atoms with Crippen molar-refractivity contribution in [3.63, 3.8) is 0 Å². The highest BCUT2D eigenvalue weighted by Crippen LogP contribution is 2.33. The topological polar surface area (TPSA) is 93.4 Å². The van der Waals surface area contributed by atoms with Gasteiger partial charge >= 0.3 is 5.97 Å². The van der Waals surface area contributed by atoms with Crippen LogP contribution in [0.3, 0.4) is 0 Å². The Kier molecular flexibility index (Phi) is 3.89. The van der Waals surface area contributed by atoms with Crippen molar-refractivity contribution in [3.8, 4) is 0 Å². The van der Waals surface area contributed by atoms with Crippen molar-refractivity contribution in [2.45, 2.75) is 6.92 Å². The number of hydrogen-bond acceptors (Lipinski definition) is 8. The van der Waals surface area contributed by atoms with E-state index in [1.54, 1.807) is 12.3 Å². The summed E-state index contributed by atoms with van der Waals surface area (Å²) >= 11 is 1.39. The van der Waals surface area contributed by atoms with Gasteiger partial charge in [0, 0.05) is 31.6 Å². The number of nitrogens with one attached hydrogen (secondary N) is 1. The quantitative estimate of drug-likeness (QED) is 0.812. The number of rotatable bonds is 3. The molecule has 7 nitrogen and oxygen atoms in total. The van der Waals surface area contributed by atoms with Crippen LogP contribution in [0.1, 0.15) is 17.3 Å². The largest absolute Gasteiger partial charge is 0.462 e. The van der Waals surface area contributed by atoms with Crippen LogP contribution >= 0.6 is 11.3 Å². The fourth-order valence-electron chi connectivity index (χ4n) is 2.40. The maximum absolute atomic E-state index is 12.1. The van der Waals surface area contributed by atoms with Gasteiger partial charge in [0.05, 0.1) is 17.6 Å². The Morgan fingerprint density at radius 1 is 1.48 bits per heavy atom. The lowest BCUT2D eigenvalue weighted by atomic mass is 10.2. The zero-order valence-corrected chi connectivity index (χ0v) is 12.6. The van der Waals surface area contributed by atoms with Gasteiger partial charge < -0.3 is 20.7 Å². The van der Waals surface area contributed by atoms with Crippen LogP contribution < -0.4 is 16.0 Å². The summed E-state index contributed by atoms with van der Waals surface area (Å²) in [6, 6.07) is 0. The van der Waals surface area contributed by atoms with Crippen LogP contribution in [0.2, 0.25) is 0 Å². The number of nitrogens with zero attached hydrogens (tertiary/aromatic N) is 3. The molecule has 21 heavy (non-hydrogen) atoms. The molecule has 1 aliphatic heterocycles. The van der Waals surface area contributed by atoms with Gasteiger partial charge in [-0.15, -0.1) is 11.3 Å². The standard InChI is InChI=1S/C13H17N5O2S/c1-2-20-12(19)8-7-21-11-9(8)10(16-13(14)17-11)18-5-3-15-4-6-18/h7,15H,2-6H2,1H3,(H2,14,16,17). The van der Waals surface area contributed by atoms with Gasteiger partial charge in [0.2, 0.25) is 5.95 Å². The van der Waals surface area contributed by atoms with Crippen LogP contribution in [0.15, 0.2) is 5.38 Å². The summed E-state index contributed by atoms with van der Waals surface area (Å²) in [5.74, 6) is 0.616. The van der Waals surface area contributed by atoms with Crippen LogP contribution in [0, 0.1) is 0 Å². The molecule has 3 N–H and O–H groups in total. The lowest BCUT2D eigenvalue weighted by Crippen LogP contribution is -2.44. The molecule has 0 radical (unpaired) electrons. The predicted octanol–water partition coefficient (Wildman–Crippen LogP) is 0.860. The Labute approximate surface area is 126 Å². The number of anilines is 2. The van der Waals surface area contributed by atoms with Crippen molar-refractivity contribution in [3.05, 3.63) is 10.9 Å². The molecule has 0 saturated carbocycles. The summed E-state index contributed by atoms with van der Waals surface area (Å²) in [6.45, 7) is 5.54. The van der Waals surface area contributed by atoms with Crippen molar-refractivity contribution < 1.29 is 9.53 Å².